The van der Waals surface area contributed by atoms with Crippen molar-refractivity contribution in [1.82, 2.24) is 0 Å². The van der Waals surface area contributed by atoms with E-state index >= 15 is 0 Å². The van der Waals surface area contributed by atoms with Gasteiger partial charge in [-0.25, -0.2) is 4.79 Å². The number of phenolic OH excluding ortho intramolecular Hbond substituents is 1. The summed E-state index contributed by atoms with van der Waals surface area (Å²) in [5, 5.41) is 13.6. The summed E-state index contributed by atoms with van der Waals surface area (Å²) in [5.41, 5.74) is 4.67. The number of aromatic hydroxyl groups is 1. The lowest BCUT2D eigenvalue weighted by Crippen LogP contribution is -2.04. The number of hydrogen-bond donors (Lipinski definition) is 2. The van der Waals surface area contributed by atoms with Gasteiger partial charge in [-0.15, -0.1) is 0 Å². The molecule has 21 heavy (non-hydrogen) atoms. The molecule has 0 heterocycles. The van der Waals surface area contributed by atoms with Gasteiger partial charge < -0.3 is 9.84 Å². The van der Waals surface area contributed by atoms with Gasteiger partial charge in [-0.05, 0) is 43.3 Å². The molecule has 2 N–H and O–H groups in total. The third-order valence-corrected chi connectivity index (χ3v) is 2.73. The van der Waals surface area contributed by atoms with Crippen molar-refractivity contribution in [3.05, 3.63) is 59.7 Å². The van der Waals surface area contributed by atoms with Crippen molar-refractivity contribution in [2.24, 2.45) is 5.10 Å². The van der Waals surface area contributed by atoms with E-state index < -0.39 is 0 Å². The summed E-state index contributed by atoms with van der Waals surface area (Å²) in [5.74, 6) is -0.178. The summed E-state index contributed by atoms with van der Waals surface area (Å²) >= 11 is 0. The molecule has 0 spiro atoms. The van der Waals surface area contributed by atoms with Gasteiger partial charge >= 0.3 is 5.97 Å². The highest BCUT2D eigenvalue weighted by Gasteiger charge is 2.04. The van der Waals surface area contributed by atoms with Crippen LogP contribution in [-0.4, -0.2) is 23.9 Å². The first-order valence-electron chi connectivity index (χ1n) is 6.55. The molecule has 0 radical (unpaired) electrons. The van der Waals surface area contributed by atoms with Crippen LogP contribution in [0.3, 0.4) is 0 Å². The fraction of sp³-hybridized carbons (Fsp3) is 0.125. The van der Waals surface area contributed by atoms with E-state index in [-0.39, 0.29) is 11.7 Å². The molecule has 0 aliphatic rings. The summed E-state index contributed by atoms with van der Waals surface area (Å²) < 4.78 is 4.90. The number of hydrazone groups is 1. The predicted molar refractivity (Wildman–Crippen MR) is 81.7 cm³/mol. The van der Waals surface area contributed by atoms with E-state index in [1.807, 2.05) is 6.07 Å². The molecule has 0 aliphatic heterocycles. The highest BCUT2D eigenvalue weighted by molar-refractivity contribution is 5.89. The third-order valence-electron chi connectivity index (χ3n) is 2.73. The summed E-state index contributed by atoms with van der Waals surface area (Å²) in [6.45, 7) is 2.12. The number of esters is 1. The van der Waals surface area contributed by atoms with E-state index in [1.165, 1.54) is 6.21 Å². The Morgan fingerprint density at radius 3 is 2.62 bits per heavy atom. The van der Waals surface area contributed by atoms with Gasteiger partial charge in [0.1, 0.15) is 5.75 Å². The second kappa shape index (κ2) is 7.09. The number of carbonyl (C=O) groups is 1. The molecule has 0 amide bonds. The van der Waals surface area contributed by atoms with Gasteiger partial charge in [0.2, 0.25) is 0 Å². The molecule has 0 aromatic heterocycles. The first-order chi connectivity index (χ1) is 10.2. The van der Waals surface area contributed by atoms with Gasteiger partial charge in [0.15, 0.2) is 0 Å². The smallest absolute Gasteiger partial charge is 0.338 e. The van der Waals surface area contributed by atoms with Gasteiger partial charge in [0.25, 0.3) is 0 Å². The normalized spacial score (nSPS) is 10.5. The first kappa shape index (κ1) is 14.6. The second-order valence-corrected chi connectivity index (χ2v) is 4.23. The van der Waals surface area contributed by atoms with Crippen molar-refractivity contribution in [3.63, 3.8) is 0 Å². The van der Waals surface area contributed by atoms with Crippen LogP contribution in [0.15, 0.2) is 53.6 Å². The minimum absolute atomic E-state index is 0.167. The van der Waals surface area contributed by atoms with E-state index in [2.05, 4.69) is 10.5 Å². The lowest BCUT2D eigenvalue weighted by atomic mass is 10.2. The largest absolute Gasteiger partial charge is 0.507 e. The number of carbonyl (C=O) groups excluding carboxylic acids is 1. The standard InChI is InChI=1S/C16H16N2O3/c1-2-21-16(20)12-7-9-14(10-8-12)18-17-11-13-5-3-4-6-15(13)19/h3-11,18-19H,2H2,1H3/b17-11-. The number of rotatable bonds is 5. The Hall–Kier alpha value is -2.82. The van der Waals surface area contributed by atoms with Crippen LogP contribution in [0, 0.1) is 0 Å². The Balaban J connectivity index is 1.98. The molecule has 0 saturated heterocycles. The van der Waals surface area contributed by atoms with Crippen molar-refractivity contribution in [3.8, 4) is 5.75 Å². The maximum atomic E-state index is 11.5. The van der Waals surface area contributed by atoms with Crippen molar-refractivity contribution in [1.29, 1.82) is 0 Å². The number of phenols is 1. The van der Waals surface area contributed by atoms with Crippen LogP contribution in [0.4, 0.5) is 5.69 Å². The van der Waals surface area contributed by atoms with Crippen molar-refractivity contribution in [2.45, 2.75) is 6.92 Å². The molecule has 2 aromatic carbocycles. The lowest BCUT2D eigenvalue weighted by molar-refractivity contribution is 0.0526. The number of benzene rings is 2. The van der Waals surface area contributed by atoms with Crippen LogP contribution in [0.25, 0.3) is 0 Å². The summed E-state index contributed by atoms with van der Waals surface area (Å²) in [4.78, 5) is 11.5. The van der Waals surface area contributed by atoms with Gasteiger partial charge in [-0.2, -0.15) is 5.10 Å². The summed E-state index contributed by atoms with van der Waals surface area (Å²) in [7, 11) is 0. The van der Waals surface area contributed by atoms with Gasteiger partial charge in [-0.3, -0.25) is 5.43 Å². The lowest BCUT2D eigenvalue weighted by Gasteiger charge is -2.03. The van der Waals surface area contributed by atoms with Crippen LogP contribution in [-0.2, 0) is 4.74 Å². The monoisotopic (exact) mass is 284 g/mol. The zero-order valence-corrected chi connectivity index (χ0v) is 11.6. The molecule has 2 aromatic rings. The molecule has 0 aliphatic carbocycles. The molecule has 0 unspecified atom stereocenters. The molecule has 0 atom stereocenters. The number of para-hydroxylation sites is 1. The maximum absolute atomic E-state index is 11.5. The molecule has 5 heteroatoms. The minimum Gasteiger partial charge on any atom is -0.507 e. The fourth-order valence-corrected chi connectivity index (χ4v) is 1.67. The Morgan fingerprint density at radius 1 is 1.24 bits per heavy atom. The third kappa shape index (κ3) is 4.07. The topological polar surface area (TPSA) is 70.9 Å². The highest BCUT2D eigenvalue weighted by Crippen LogP contribution is 2.14. The van der Waals surface area contributed by atoms with Crippen LogP contribution >= 0.6 is 0 Å². The average Bonchev–Trinajstić information content (AvgIpc) is 2.50. The van der Waals surface area contributed by atoms with Crippen LogP contribution in [0.5, 0.6) is 5.75 Å². The molecule has 0 bridgehead atoms. The number of nitrogens with one attached hydrogen (secondary N) is 1. The zero-order valence-electron chi connectivity index (χ0n) is 11.6. The van der Waals surface area contributed by atoms with E-state index in [0.717, 1.165) is 5.69 Å². The average molecular weight is 284 g/mol. The summed E-state index contributed by atoms with van der Waals surface area (Å²) in [6.07, 6.45) is 1.52. The zero-order chi connectivity index (χ0) is 15.1. The quantitative estimate of drug-likeness (QED) is 0.503. The van der Waals surface area contributed by atoms with Crippen LogP contribution in [0.2, 0.25) is 0 Å². The molecule has 0 fully saturated rings. The molecule has 108 valence electrons. The number of anilines is 1. The second-order valence-electron chi connectivity index (χ2n) is 4.23. The Morgan fingerprint density at radius 2 is 1.95 bits per heavy atom. The van der Waals surface area contributed by atoms with Gasteiger partial charge in [0.05, 0.1) is 24.1 Å². The van der Waals surface area contributed by atoms with E-state index in [0.29, 0.717) is 17.7 Å². The molecule has 5 nitrogen and oxygen atoms in total. The van der Waals surface area contributed by atoms with Crippen molar-refractivity contribution >= 4 is 17.9 Å². The number of hydrogen-bond acceptors (Lipinski definition) is 5. The number of ether oxygens (including phenoxy) is 1. The van der Waals surface area contributed by atoms with Crippen molar-refractivity contribution in [2.75, 3.05) is 12.0 Å². The Bertz CT molecular complexity index is 636. The van der Waals surface area contributed by atoms with Gasteiger partial charge in [0, 0.05) is 5.56 Å². The Labute approximate surface area is 122 Å². The van der Waals surface area contributed by atoms with Crippen LogP contribution in [0.1, 0.15) is 22.8 Å². The predicted octanol–water partition coefficient (Wildman–Crippen LogP) is 3.01. The van der Waals surface area contributed by atoms with E-state index in [1.54, 1.807) is 49.4 Å². The van der Waals surface area contributed by atoms with Crippen molar-refractivity contribution < 1.29 is 14.6 Å². The fourth-order valence-electron chi connectivity index (χ4n) is 1.67. The van der Waals surface area contributed by atoms with Gasteiger partial charge in [-0.1, -0.05) is 12.1 Å². The maximum Gasteiger partial charge on any atom is 0.338 e. The minimum atomic E-state index is -0.346. The van der Waals surface area contributed by atoms with E-state index in [4.69, 9.17) is 4.74 Å². The SMILES string of the molecule is CCOC(=O)c1ccc(N/N=C\c2ccccc2O)cc1. The summed E-state index contributed by atoms with van der Waals surface area (Å²) in [6, 6.07) is 13.7. The highest BCUT2D eigenvalue weighted by atomic mass is 16.5. The molecule has 2 rings (SSSR count). The number of nitrogens with zero attached hydrogens (tertiary/aromatic N) is 1. The molecule has 0 saturated carbocycles. The Kier molecular flexibility index (Phi) is 4.93. The molecular formula is C16H16N2O3. The molecular weight excluding hydrogens is 268 g/mol. The van der Waals surface area contributed by atoms with E-state index in [9.17, 15) is 9.90 Å². The van der Waals surface area contributed by atoms with Crippen LogP contribution < -0.4 is 5.43 Å². The first-order valence-corrected chi connectivity index (χ1v) is 6.55.